The summed E-state index contributed by atoms with van der Waals surface area (Å²) < 4.78 is 13.2. The largest absolute Gasteiger partial charge is 0.310 e. The molecule has 1 atom stereocenters. The van der Waals surface area contributed by atoms with Crippen molar-refractivity contribution in [2.24, 2.45) is 5.92 Å². The molecule has 0 bridgehead atoms. The summed E-state index contributed by atoms with van der Waals surface area (Å²) in [6.07, 6.45) is 3.32. The second-order valence-corrected chi connectivity index (χ2v) is 5.92. The summed E-state index contributed by atoms with van der Waals surface area (Å²) in [5, 5.41) is 3.66. The van der Waals surface area contributed by atoms with Crippen LogP contribution in [0.1, 0.15) is 36.1 Å². The Morgan fingerprint density at radius 1 is 1.05 bits per heavy atom. The van der Waals surface area contributed by atoms with Gasteiger partial charge in [-0.25, -0.2) is 4.39 Å². The molecule has 0 spiro atoms. The maximum atomic E-state index is 13.2. The fraction of sp³-hybridized carbons (Fsp3) is 0.368. The maximum absolute atomic E-state index is 13.2. The molecule has 0 radical (unpaired) electrons. The predicted molar refractivity (Wildman–Crippen MR) is 84.8 cm³/mol. The number of hydrogen-bond acceptors (Lipinski definition) is 1. The van der Waals surface area contributed by atoms with E-state index in [0.29, 0.717) is 12.0 Å². The number of fused-ring (bicyclic) bond motifs is 1. The molecule has 0 heterocycles. The minimum Gasteiger partial charge on any atom is -0.310 e. The molecule has 0 aromatic heterocycles. The lowest BCUT2D eigenvalue weighted by molar-refractivity contribution is 0.373. The van der Waals surface area contributed by atoms with E-state index >= 15 is 0 Å². The molecule has 0 amide bonds. The molecular weight excluding hydrogens is 261 g/mol. The van der Waals surface area contributed by atoms with Crippen molar-refractivity contribution in [1.82, 2.24) is 5.32 Å². The van der Waals surface area contributed by atoms with Gasteiger partial charge in [-0.1, -0.05) is 43.3 Å². The summed E-state index contributed by atoms with van der Waals surface area (Å²) in [4.78, 5) is 0. The molecule has 1 aliphatic carbocycles. The SMILES string of the molecule is CCCNC(c1ccc(F)cc1)C1Cc2ccccc2C1. The fourth-order valence-electron chi connectivity index (χ4n) is 3.36. The van der Waals surface area contributed by atoms with E-state index in [1.165, 1.54) is 16.7 Å². The first-order valence-electron chi connectivity index (χ1n) is 7.83. The van der Waals surface area contributed by atoms with Gasteiger partial charge in [0.05, 0.1) is 0 Å². The van der Waals surface area contributed by atoms with E-state index in [1.807, 2.05) is 12.1 Å². The van der Waals surface area contributed by atoms with Crippen LogP contribution < -0.4 is 5.32 Å². The Bertz CT molecular complexity index is 566. The van der Waals surface area contributed by atoms with Gasteiger partial charge < -0.3 is 5.32 Å². The third-order valence-corrected chi connectivity index (χ3v) is 4.40. The fourth-order valence-corrected chi connectivity index (χ4v) is 3.36. The summed E-state index contributed by atoms with van der Waals surface area (Å²) in [6, 6.07) is 16.0. The number of benzene rings is 2. The van der Waals surface area contributed by atoms with Gasteiger partial charge in [0.15, 0.2) is 0 Å². The first-order chi connectivity index (χ1) is 10.3. The second kappa shape index (κ2) is 6.40. The number of hydrogen-bond donors (Lipinski definition) is 1. The maximum Gasteiger partial charge on any atom is 0.123 e. The van der Waals surface area contributed by atoms with Crippen molar-refractivity contribution < 1.29 is 4.39 Å². The van der Waals surface area contributed by atoms with Crippen LogP contribution in [0.3, 0.4) is 0 Å². The van der Waals surface area contributed by atoms with Gasteiger partial charge in [0.25, 0.3) is 0 Å². The Kier molecular flexibility index (Phi) is 4.35. The summed E-state index contributed by atoms with van der Waals surface area (Å²) in [6.45, 7) is 3.17. The van der Waals surface area contributed by atoms with Crippen molar-refractivity contribution in [1.29, 1.82) is 0 Å². The first-order valence-corrected chi connectivity index (χ1v) is 7.83. The van der Waals surface area contributed by atoms with Gasteiger partial charge in [0, 0.05) is 6.04 Å². The van der Waals surface area contributed by atoms with Crippen molar-refractivity contribution in [3.05, 3.63) is 71.0 Å². The lowest BCUT2D eigenvalue weighted by atomic mass is 9.90. The van der Waals surface area contributed by atoms with Gasteiger partial charge >= 0.3 is 0 Å². The zero-order valence-corrected chi connectivity index (χ0v) is 12.5. The quantitative estimate of drug-likeness (QED) is 0.863. The van der Waals surface area contributed by atoms with E-state index in [1.54, 1.807) is 12.1 Å². The van der Waals surface area contributed by atoms with Crippen LogP contribution in [-0.4, -0.2) is 6.54 Å². The van der Waals surface area contributed by atoms with E-state index in [9.17, 15) is 4.39 Å². The summed E-state index contributed by atoms with van der Waals surface area (Å²) in [7, 11) is 0. The van der Waals surface area contributed by atoms with Crippen molar-refractivity contribution in [3.63, 3.8) is 0 Å². The molecule has 110 valence electrons. The molecule has 1 unspecified atom stereocenters. The van der Waals surface area contributed by atoms with Crippen LogP contribution in [0.25, 0.3) is 0 Å². The van der Waals surface area contributed by atoms with Crippen molar-refractivity contribution >= 4 is 0 Å². The standard InChI is InChI=1S/C19H22FN/c1-2-11-21-19(14-7-9-18(20)10-8-14)17-12-15-5-3-4-6-16(15)13-17/h3-10,17,19,21H,2,11-13H2,1H3. The van der Waals surface area contributed by atoms with Crippen LogP contribution in [0.15, 0.2) is 48.5 Å². The highest BCUT2D eigenvalue weighted by atomic mass is 19.1. The van der Waals surface area contributed by atoms with Crippen molar-refractivity contribution in [2.45, 2.75) is 32.2 Å². The lowest BCUT2D eigenvalue weighted by Gasteiger charge is -2.25. The number of nitrogens with one attached hydrogen (secondary N) is 1. The van der Waals surface area contributed by atoms with Crippen LogP contribution in [0.4, 0.5) is 4.39 Å². The average Bonchev–Trinajstić information content (AvgIpc) is 2.93. The van der Waals surface area contributed by atoms with Gasteiger partial charge in [-0.15, -0.1) is 0 Å². The molecule has 0 aliphatic heterocycles. The van der Waals surface area contributed by atoms with Crippen LogP contribution in [0.5, 0.6) is 0 Å². The smallest absolute Gasteiger partial charge is 0.123 e. The minimum absolute atomic E-state index is 0.164. The van der Waals surface area contributed by atoms with Crippen LogP contribution in [0.2, 0.25) is 0 Å². The minimum atomic E-state index is -0.164. The second-order valence-electron chi connectivity index (χ2n) is 5.92. The molecular formula is C19H22FN. The molecule has 2 aromatic carbocycles. The van der Waals surface area contributed by atoms with E-state index in [0.717, 1.165) is 25.8 Å². The van der Waals surface area contributed by atoms with Crippen molar-refractivity contribution in [2.75, 3.05) is 6.54 Å². The lowest BCUT2D eigenvalue weighted by Crippen LogP contribution is -2.29. The highest BCUT2D eigenvalue weighted by molar-refractivity contribution is 5.34. The molecule has 2 heteroatoms. The zero-order chi connectivity index (χ0) is 14.7. The van der Waals surface area contributed by atoms with Crippen molar-refractivity contribution in [3.8, 4) is 0 Å². The third-order valence-electron chi connectivity index (χ3n) is 4.40. The summed E-state index contributed by atoms with van der Waals surface area (Å²) >= 11 is 0. The normalized spacial score (nSPS) is 15.9. The van der Waals surface area contributed by atoms with Gasteiger partial charge in [-0.05, 0) is 60.5 Å². The van der Waals surface area contributed by atoms with E-state index in [-0.39, 0.29) is 5.82 Å². The summed E-state index contributed by atoms with van der Waals surface area (Å²) in [5.41, 5.74) is 4.13. The molecule has 1 aliphatic rings. The molecule has 2 aromatic rings. The van der Waals surface area contributed by atoms with Crippen LogP contribution >= 0.6 is 0 Å². The van der Waals surface area contributed by atoms with Gasteiger partial charge in [-0.2, -0.15) is 0 Å². The molecule has 1 nitrogen and oxygen atoms in total. The van der Waals surface area contributed by atoms with Crippen LogP contribution in [0, 0.1) is 11.7 Å². The van der Waals surface area contributed by atoms with Gasteiger partial charge in [-0.3, -0.25) is 0 Å². The zero-order valence-electron chi connectivity index (χ0n) is 12.5. The monoisotopic (exact) mass is 283 g/mol. The third kappa shape index (κ3) is 3.16. The predicted octanol–water partition coefficient (Wildman–Crippen LogP) is 4.28. The Labute approximate surface area is 126 Å². The highest BCUT2D eigenvalue weighted by Crippen LogP contribution is 2.35. The van der Waals surface area contributed by atoms with E-state index in [4.69, 9.17) is 0 Å². The molecule has 21 heavy (non-hydrogen) atoms. The topological polar surface area (TPSA) is 12.0 Å². The van der Waals surface area contributed by atoms with Gasteiger partial charge in [0.2, 0.25) is 0 Å². The van der Waals surface area contributed by atoms with Gasteiger partial charge in [0.1, 0.15) is 5.82 Å². The molecule has 0 fully saturated rings. The average molecular weight is 283 g/mol. The molecule has 0 saturated carbocycles. The Morgan fingerprint density at radius 3 is 2.24 bits per heavy atom. The Hall–Kier alpha value is -1.67. The number of halogens is 1. The molecule has 1 N–H and O–H groups in total. The van der Waals surface area contributed by atoms with E-state index in [2.05, 4.69) is 36.5 Å². The first kappa shape index (κ1) is 14.3. The van der Waals surface area contributed by atoms with Crippen LogP contribution in [-0.2, 0) is 12.8 Å². The highest BCUT2D eigenvalue weighted by Gasteiger charge is 2.29. The number of rotatable bonds is 5. The molecule has 3 rings (SSSR count). The molecule has 0 saturated heterocycles. The Balaban J connectivity index is 1.82. The van der Waals surface area contributed by atoms with E-state index < -0.39 is 0 Å². The summed E-state index contributed by atoms with van der Waals surface area (Å²) in [5.74, 6) is 0.391. The Morgan fingerprint density at radius 2 is 1.67 bits per heavy atom.